The van der Waals surface area contributed by atoms with Crippen LogP contribution in [-0.4, -0.2) is 30.4 Å². The summed E-state index contributed by atoms with van der Waals surface area (Å²) in [5.74, 6) is 0.757. The third-order valence-corrected chi connectivity index (χ3v) is 4.77. The van der Waals surface area contributed by atoms with Gasteiger partial charge in [-0.3, -0.25) is 9.69 Å². The molecule has 0 heterocycles. The van der Waals surface area contributed by atoms with Crippen molar-refractivity contribution in [1.29, 1.82) is 0 Å². The summed E-state index contributed by atoms with van der Waals surface area (Å²) in [6.45, 7) is 3.50. The summed E-state index contributed by atoms with van der Waals surface area (Å²) in [6, 6.07) is 8.61. The van der Waals surface area contributed by atoms with E-state index in [4.69, 9.17) is 0 Å². The van der Waals surface area contributed by atoms with Crippen LogP contribution in [0.3, 0.4) is 0 Å². The first-order chi connectivity index (χ1) is 10.0. The van der Waals surface area contributed by atoms with Crippen molar-refractivity contribution < 1.29 is 4.79 Å². The third-order valence-electron chi connectivity index (χ3n) is 4.24. The van der Waals surface area contributed by atoms with Gasteiger partial charge in [0.25, 0.3) is 0 Å². The zero-order valence-corrected chi connectivity index (χ0v) is 14.5. The molecule has 0 unspecified atom stereocenters. The molecule has 1 aliphatic rings. The predicted molar refractivity (Wildman–Crippen MR) is 90.0 cm³/mol. The Hall–Kier alpha value is -0.870. The van der Waals surface area contributed by atoms with Crippen molar-refractivity contribution in [1.82, 2.24) is 10.2 Å². The summed E-state index contributed by atoms with van der Waals surface area (Å²) < 4.78 is 1.08. The van der Waals surface area contributed by atoms with Gasteiger partial charge in [-0.2, -0.15) is 0 Å². The molecule has 116 valence electrons. The Kier molecular flexibility index (Phi) is 6.24. The Morgan fingerprint density at radius 3 is 2.62 bits per heavy atom. The minimum atomic E-state index is 0.147. The normalized spacial score (nSPS) is 22.3. The van der Waals surface area contributed by atoms with E-state index in [2.05, 4.69) is 45.2 Å². The Balaban J connectivity index is 1.77. The number of amides is 1. The zero-order valence-electron chi connectivity index (χ0n) is 12.9. The van der Waals surface area contributed by atoms with Crippen molar-refractivity contribution in [3.63, 3.8) is 0 Å². The molecule has 4 heteroatoms. The lowest BCUT2D eigenvalue weighted by Crippen LogP contribution is -2.44. The molecular formula is C17H25BrN2O. The molecule has 2 rings (SSSR count). The summed E-state index contributed by atoms with van der Waals surface area (Å²) >= 11 is 3.44. The number of carbonyl (C=O) groups is 1. The van der Waals surface area contributed by atoms with Crippen molar-refractivity contribution in [3.05, 3.63) is 34.3 Å². The monoisotopic (exact) mass is 352 g/mol. The molecule has 1 N–H and O–H groups in total. The van der Waals surface area contributed by atoms with Crippen LogP contribution in [0.4, 0.5) is 0 Å². The Bertz CT molecular complexity index is 460. The molecule has 1 aliphatic carbocycles. The number of nitrogens with one attached hydrogen (secondary N) is 1. The summed E-state index contributed by atoms with van der Waals surface area (Å²) in [5, 5.41) is 3.21. The largest absolute Gasteiger partial charge is 0.352 e. The van der Waals surface area contributed by atoms with Crippen molar-refractivity contribution in [2.45, 2.75) is 45.2 Å². The average molecular weight is 353 g/mol. The van der Waals surface area contributed by atoms with Gasteiger partial charge in [-0.15, -0.1) is 0 Å². The van der Waals surface area contributed by atoms with Crippen LogP contribution in [0.15, 0.2) is 28.7 Å². The maximum Gasteiger partial charge on any atom is 0.234 e. The van der Waals surface area contributed by atoms with Gasteiger partial charge in [-0.1, -0.05) is 47.8 Å². The van der Waals surface area contributed by atoms with Gasteiger partial charge in [0.1, 0.15) is 0 Å². The summed E-state index contributed by atoms with van der Waals surface area (Å²) in [7, 11) is 1.99. The first-order valence-corrected chi connectivity index (χ1v) is 8.56. The maximum atomic E-state index is 12.2. The number of benzene rings is 1. The third kappa shape index (κ3) is 5.44. The average Bonchev–Trinajstić information content (AvgIpc) is 2.44. The molecule has 1 saturated carbocycles. The van der Waals surface area contributed by atoms with E-state index in [1.807, 2.05) is 19.2 Å². The number of hydrogen-bond donors (Lipinski definition) is 1. The van der Waals surface area contributed by atoms with Crippen molar-refractivity contribution >= 4 is 21.8 Å². The van der Waals surface area contributed by atoms with Crippen molar-refractivity contribution in [3.8, 4) is 0 Å². The van der Waals surface area contributed by atoms with E-state index >= 15 is 0 Å². The summed E-state index contributed by atoms with van der Waals surface area (Å²) in [4.78, 5) is 14.2. The van der Waals surface area contributed by atoms with Gasteiger partial charge in [-0.05, 0) is 43.5 Å². The lowest BCUT2D eigenvalue weighted by Gasteiger charge is -2.30. The van der Waals surface area contributed by atoms with Gasteiger partial charge < -0.3 is 5.32 Å². The highest BCUT2D eigenvalue weighted by Gasteiger charge is 2.22. The van der Waals surface area contributed by atoms with Crippen LogP contribution in [0.1, 0.15) is 38.2 Å². The minimum Gasteiger partial charge on any atom is -0.352 e. The Morgan fingerprint density at radius 2 is 1.95 bits per heavy atom. The molecular weight excluding hydrogens is 328 g/mol. The van der Waals surface area contributed by atoms with Crippen LogP contribution < -0.4 is 5.32 Å². The summed E-state index contributed by atoms with van der Waals surface area (Å²) in [5.41, 5.74) is 1.22. The highest BCUT2D eigenvalue weighted by molar-refractivity contribution is 9.10. The molecule has 1 fully saturated rings. The number of likely N-dealkylation sites (N-methyl/N-ethyl adjacent to an activating group) is 1. The van der Waals surface area contributed by atoms with E-state index in [0.717, 1.165) is 17.4 Å². The molecule has 21 heavy (non-hydrogen) atoms. The molecule has 1 aromatic carbocycles. The number of carbonyl (C=O) groups excluding carboxylic acids is 1. The second kappa shape index (κ2) is 7.95. The van der Waals surface area contributed by atoms with Gasteiger partial charge in [0, 0.05) is 17.1 Å². The Labute approximate surface area is 136 Å². The van der Waals surface area contributed by atoms with Crippen molar-refractivity contribution in [2.24, 2.45) is 5.92 Å². The van der Waals surface area contributed by atoms with E-state index in [1.54, 1.807) is 0 Å². The smallest absolute Gasteiger partial charge is 0.234 e. The van der Waals surface area contributed by atoms with Gasteiger partial charge in [0.15, 0.2) is 0 Å². The molecule has 1 aromatic rings. The molecule has 0 bridgehead atoms. The topological polar surface area (TPSA) is 32.3 Å². The van der Waals surface area contributed by atoms with E-state index in [1.165, 1.54) is 24.8 Å². The molecule has 1 amide bonds. The lowest BCUT2D eigenvalue weighted by atomic mass is 9.86. The predicted octanol–water partition coefficient (Wildman–Crippen LogP) is 3.58. The first-order valence-electron chi connectivity index (χ1n) is 7.77. The fraction of sp³-hybridized carbons (Fsp3) is 0.588. The van der Waals surface area contributed by atoms with Gasteiger partial charge in [-0.25, -0.2) is 0 Å². The zero-order chi connectivity index (χ0) is 15.2. The van der Waals surface area contributed by atoms with Crippen molar-refractivity contribution in [2.75, 3.05) is 13.6 Å². The van der Waals surface area contributed by atoms with Crippen LogP contribution in [0, 0.1) is 5.92 Å². The number of hydrogen-bond acceptors (Lipinski definition) is 2. The van der Waals surface area contributed by atoms with E-state index in [-0.39, 0.29) is 5.91 Å². The van der Waals surface area contributed by atoms with Crippen LogP contribution >= 0.6 is 15.9 Å². The second-order valence-electron chi connectivity index (χ2n) is 6.23. The Morgan fingerprint density at radius 1 is 1.29 bits per heavy atom. The van der Waals surface area contributed by atoms with E-state index in [9.17, 15) is 4.79 Å². The molecule has 0 aliphatic heterocycles. The molecule has 0 saturated heterocycles. The molecule has 0 spiro atoms. The molecule has 2 atom stereocenters. The van der Waals surface area contributed by atoms with Crippen LogP contribution in [-0.2, 0) is 11.3 Å². The number of rotatable bonds is 5. The first kappa shape index (κ1) is 16.5. The molecule has 0 radical (unpaired) electrons. The van der Waals surface area contributed by atoms with Gasteiger partial charge in [0.2, 0.25) is 5.91 Å². The minimum absolute atomic E-state index is 0.147. The molecule has 3 nitrogen and oxygen atoms in total. The lowest BCUT2D eigenvalue weighted by molar-refractivity contribution is -0.123. The molecule has 0 aromatic heterocycles. The highest BCUT2D eigenvalue weighted by atomic mass is 79.9. The van der Waals surface area contributed by atoms with E-state index < -0.39 is 0 Å². The fourth-order valence-electron chi connectivity index (χ4n) is 2.99. The highest BCUT2D eigenvalue weighted by Crippen LogP contribution is 2.23. The van der Waals surface area contributed by atoms with Crippen LogP contribution in [0.2, 0.25) is 0 Å². The maximum absolute atomic E-state index is 12.2. The quantitative estimate of drug-likeness (QED) is 0.878. The second-order valence-corrected chi connectivity index (χ2v) is 7.15. The van der Waals surface area contributed by atoms with Gasteiger partial charge >= 0.3 is 0 Å². The number of halogens is 1. The fourth-order valence-corrected chi connectivity index (χ4v) is 3.25. The number of nitrogens with zero attached hydrogens (tertiary/aromatic N) is 1. The standard InChI is InChI=1S/C17H25BrN2O/c1-13-5-3-4-6-16(13)19-17(21)12-20(2)11-14-7-9-15(18)10-8-14/h7-10,13,16H,3-6,11-12H2,1-2H3,(H,19,21)/t13-,16-/m0/s1. The van der Waals surface area contributed by atoms with E-state index in [0.29, 0.717) is 18.5 Å². The van der Waals surface area contributed by atoms with Crippen LogP contribution in [0.25, 0.3) is 0 Å². The summed E-state index contributed by atoms with van der Waals surface area (Å²) in [6.07, 6.45) is 4.91. The van der Waals surface area contributed by atoms with Crippen LogP contribution in [0.5, 0.6) is 0 Å². The SMILES string of the molecule is C[C@H]1CCCC[C@@H]1NC(=O)CN(C)Cc1ccc(Br)cc1. The van der Waals surface area contributed by atoms with Gasteiger partial charge in [0.05, 0.1) is 6.54 Å².